The van der Waals surface area contributed by atoms with Crippen molar-refractivity contribution in [2.45, 2.75) is 20.8 Å². The standard InChI is InChI=1S/C20H19O/c1-14-4-8-17(9-5-14)19-12-16(3)13-20(21-19)18-10-6-15(2)7-11-18/h4-13H,1-3H3/q+1. The minimum absolute atomic E-state index is 0.908. The van der Waals surface area contributed by atoms with E-state index in [2.05, 4.69) is 81.4 Å². The Hall–Kier alpha value is -2.41. The zero-order valence-corrected chi connectivity index (χ0v) is 12.7. The van der Waals surface area contributed by atoms with E-state index in [1.807, 2.05) is 0 Å². The normalized spacial score (nSPS) is 10.6. The molecule has 3 rings (SSSR count). The molecule has 0 fully saturated rings. The van der Waals surface area contributed by atoms with Crippen LogP contribution in [0.15, 0.2) is 65.1 Å². The van der Waals surface area contributed by atoms with Gasteiger partial charge in [0.1, 0.15) is 0 Å². The second kappa shape index (κ2) is 5.53. The molecular formula is C20H19O+. The van der Waals surface area contributed by atoms with E-state index in [0.29, 0.717) is 0 Å². The molecule has 0 bridgehead atoms. The van der Waals surface area contributed by atoms with E-state index in [-0.39, 0.29) is 0 Å². The Morgan fingerprint density at radius 3 is 1.29 bits per heavy atom. The van der Waals surface area contributed by atoms with Crippen LogP contribution in [-0.4, -0.2) is 0 Å². The fourth-order valence-electron chi connectivity index (χ4n) is 2.35. The van der Waals surface area contributed by atoms with Crippen molar-refractivity contribution in [1.82, 2.24) is 0 Å². The highest BCUT2D eigenvalue weighted by molar-refractivity contribution is 5.64. The Bertz CT molecular complexity index is 689. The molecule has 0 amide bonds. The average molecular weight is 275 g/mol. The minimum atomic E-state index is 0.908. The highest BCUT2D eigenvalue weighted by Gasteiger charge is 2.18. The van der Waals surface area contributed by atoms with Crippen LogP contribution in [0, 0.1) is 20.8 Å². The highest BCUT2D eigenvalue weighted by atomic mass is 16.3. The molecule has 21 heavy (non-hydrogen) atoms. The Morgan fingerprint density at radius 1 is 0.524 bits per heavy atom. The van der Waals surface area contributed by atoms with E-state index in [0.717, 1.165) is 22.6 Å². The lowest BCUT2D eigenvalue weighted by molar-refractivity contribution is 0.580. The zero-order valence-electron chi connectivity index (χ0n) is 12.7. The third kappa shape index (κ3) is 3.03. The van der Waals surface area contributed by atoms with Gasteiger partial charge in [-0.05, 0) is 50.6 Å². The van der Waals surface area contributed by atoms with Crippen molar-refractivity contribution in [2.24, 2.45) is 0 Å². The minimum Gasteiger partial charge on any atom is -0.207 e. The predicted octanol–water partition coefficient (Wildman–Crippen LogP) is 5.82. The topological polar surface area (TPSA) is 11.3 Å². The molecule has 0 aliphatic rings. The van der Waals surface area contributed by atoms with E-state index in [1.54, 1.807) is 0 Å². The molecular weight excluding hydrogens is 256 g/mol. The van der Waals surface area contributed by atoms with Crippen LogP contribution in [0.4, 0.5) is 0 Å². The second-order valence-corrected chi connectivity index (χ2v) is 5.60. The number of hydrogen-bond acceptors (Lipinski definition) is 0. The first-order chi connectivity index (χ1) is 10.1. The van der Waals surface area contributed by atoms with Gasteiger partial charge in [0.2, 0.25) is 0 Å². The maximum Gasteiger partial charge on any atom is 0.361 e. The van der Waals surface area contributed by atoms with Crippen LogP contribution in [0.2, 0.25) is 0 Å². The summed E-state index contributed by atoms with van der Waals surface area (Å²) in [5.74, 6) is 1.82. The second-order valence-electron chi connectivity index (χ2n) is 5.60. The smallest absolute Gasteiger partial charge is 0.207 e. The summed E-state index contributed by atoms with van der Waals surface area (Å²) in [7, 11) is 0. The van der Waals surface area contributed by atoms with Gasteiger partial charge in [0.15, 0.2) is 0 Å². The van der Waals surface area contributed by atoms with Crippen LogP contribution < -0.4 is 0 Å². The quantitative estimate of drug-likeness (QED) is 0.536. The summed E-state index contributed by atoms with van der Waals surface area (Å²) in [6.45, 7) is 6.29. The summed E-state index contributed by atoms with van der Waals surface area (Å²) in [5.41, 5.74) is 5.93. The molecule has 1 aromatic heterocycles. The zero-order chi connectivity index (χ0) is 14.8. The summed E-state index contributed by atoms with van der Waals surface area (Å²) in [6.07, 6.45) is 0. The summed E-state index contributed by atoms with van der Waals surface area (Å²) in [6, 6.07) is 21.0. The van der Waals surface area contributed by atoms with Crippen LogP contribution in [0.5, 0.6) is 0 Å². The van der Waals surface area contributed by atoms with Crippen molar-refractivity contribution >= 4 is 0 Å². The van der Waals surface area contributed by atoms with E-state index in [1.165, 1.54) is 16.7 Å². The van der Waals surface area contributed by atoms with Gasteiger partial charge < -0.3 is 0 Å². The first kappa shape index (κ1) is 13.6. The van der Waals surface area contributed by atoms with Crippen molar-refractivity contribution < 1.29 is 4.42 Å². The first-order valence-corrected chi connectivity index (χ1v) is 7.21. The molecule has 0 spiro atoms. The van der Waals surface area contributed by atoms with Gasteiger partial charge in [-0.25, -0.2) is 4.42 Å². The molecule has 3 aromatic rings. The maximum absolute atomic E-state index is 6.11. The fraction of sp³-hybridized carbons (Fsp3) is 0.150. The van der Waals surface area contributed by atoms with Gasteiger partial charge in [0.25, 0.3) is 0 Å². The molecule has 0 unspecified atom stereocenters. The molecule has 0 aliphatic heterocycles. The van der Waals surface area contributed by atoms with Gasteiger partial charge in [-0.15, -0.1) is 0 Å². The van der Waals surface area contributed by atoms with Gasteiger partial charge >= 0.3 is 11.5 Å². The van der Waals surface area contributed by atoms with Gasteiger partial charge in [-0.2, -0.15) is 0 Å². The molecule has 0 aliphatic carbocycles. The third-order valence-electron chi connectivity index (χ3n) is 3.61. The summed E-state index contributed by atoms with van der Waals surface area (Å²) >= 11 is 0. The lowest BCUT2D eigenvalue weighted by atomic mass is 10.1. The number of aryl methyl sites for hydroxylation is 3. The van der Waals surface area contributed by atoms with Crippen molar-refractivity contribution in [2.75, 3.05) is 0 Å². The highest BCUT2D eigenvalue weighted by Crippen LogP contribution is 2.28. The first-order valence-electron chi connectivity index (χ1n) is 7.21. The Balaban J connectivity index is 2.07. The van der Waals surface area contributed by atoms with E-state index < -0.39 is 0 Å². The number of benzene rings is 2. The van der Waals surface area contributed by atoms with Crippen LogP contribution >= 0.6 is 0 Å². The van der Waals surface area contributed by atoms with Crippen LogP contribution in [-0.2, 0) is 0 Å². The van der Waals surface area contributed by atoms with Crippen LogP contribution in [0.25, 0.3) is 22.6 Å². The van der Waals surface area contributed by atoms with E-state index >= 15 is 0 Å². The Kier molecular flexibility index (Phi) is 3.57. The molecule has 0 N–H and O–H groups in total. The predicted molar refractivity (Wildman–Crippen MR) is 88.2 cm³/mol. The van der Waals surface area contributed by atoms with Crippen LogP contribution in [0.1, 0.15) is 16.7 Å². The van der Waals surface area contributed by atoms with E-state index in [9.17, 15) is 0 Å². The lowest BCUT2D eigenvalue weighted by Gasteiger charge is -1.98. The Morgan fingerprint density at radius 2 is 0.905 bits per heavy atom. The molecule has 0 saturated carbocycles. The maximum atomic E-state index is 6.11. The molecule has 0 saturated heterocycles. The van der Waals surface area contributed by atoms with Crippen molar-refractivity contribution in [3.8, 4) is 22.6 Å². The molecule has 104 valence electrons. The van der Waals surface area contributed by atoms with Crippen LogP contribution in [0.3, 0.4) is 0 Å². The molecule has 1 nitrogen and oxygen atoms in total. The number of hydrogen-bond donors (Lipinski definition) is 0. The largest absolute Gasteiger partial charge is 0.361 e. The summed E-state index contributed by atoms with van der Waals surface area (Å²) in [4.78, 5) is 0. The monoisotopic (exact) mass is 275 g/mol. The number of rotatable bonds is 2. The van der Waals surface area contributed by atoms with Crippen molar-refractivity contribution in [3.05, 3.63) is 77.4 Å². The molecule has 1 heterocycles. The SMILES string of the molecule is Cc1ccc(-c2cc(C)cc(-c3ccc(C)cc3)[o+]2)cc1. The average Bonchev–Trinajstić information content (AvgIpc) is 2.48. The summed E-state index contributed by atoms with van der Waals surface area (Å²) < 4.78 is 6.11. The third-order valence-corrected chi connectivity index (χ3v) is 3.61. The van der Waals surface area contributed by atoms with Gasteiger partial charge in [-0.3, -0.25) is 0 Å². The van der Waals surface area contributed by atoms with Crippen molar-refractivity contribution in [1.29, 1.82) is 0 Å². The molecule has 0 atom stereocenters. The Labute approximate surface area is 125 Å². The van der Waals surface area contributed by atoms with Crippen molar-refractivity contribution in [3.63, 3.8) is 0 Å². The molecule has 1 heteroatoms. The van der Waals surface area contributed by atoms with Gasteiger partial charge in [0, 0.05) is 12.1 Å². The fourth-order valence-corrected chi connectivity index (χ4v) is 2.35. The molecule has 0 radical (unpaired) electrons. The van der Waals surface area contributed by atoms with Gasteiger partial charge in [-0.1, -0.05) is 35.4 Å². The lowest BCUT2D eigenvalue weighted by Crippen LogP contribution is -1.85. The molecule has 2 aromatic carbocycles. The summed E-state index contributed by atoms with van der Waals surface area (Å²) in [5, 5.41) is 0. The van der Waals surface area contributed by atoms with E-state index in [4.69, 9.17) is 4.42 Å². The van der Waals surface area contributed by atoms with Gasteiger partial charge in [0.05, 0.1) is 11.1 Å².